The molecule has 170 valence electrons. The summed E-state index contributed by atoms with van der Waals surface area (Å²) in [5.74, 6) is -1.15. The highest BCUT2D eigenvalue weighted by molar-refractivity contribution is 9.10. The van der Waals surface area contributed by atoms with Gasteiger partial charge < -0.3 is 24.2 Å². The van der Waals surface area contributed by atoms with E-state index >= 15 is 0 Å². The lowest BCUT2D eigenvalue weighted by Gasteiger charge is -2.36. The lowest BCUT2D eigenvalue weighted by atomic mass is 10.2. The van der Waals surface area contributed by atoms with Crippen molar-refractivity contribution >= 4 is 21.6 Å². The smallest absolute Gasteiger partial charge is 0.190 e. The van der Waals surface area contributed by atoms with E-state index in [1.54, 1.807) is 7.11 Å². The van der Waals surface area contributed by atoms with Crippen molar-refractivity contribution in [3.05, 3.63) is 52.5 Å². The third kappa shape index (κ3) is 7.03. The molecule has 0 bridgehead atoms. The van der Waals surface area contributed by atoms with Crippen LogP contribution in [0.5, 0.6) is 11.5 Å². The van der Waals surface area contributed by atoms with Crippen LogP contribution in [-0.2, 0) is 4.74 Å². The fraction of sp³-hybridized carbons (Fsp3) is 0.455. The number of aliphatic hydroxyl groups excluding tert-OH is 1. The number of methoxy groups -OCH3 is 1. The Bertz CT molecular complexity index is 810. The Morgan fingerprint density at radius 2 is 1.68 bits per heavy atom. The molecule has 0 amide bonds. The second kappa shape index (κ2) is 11.6. The number of hydrogen-bond donors (Lipinski definition) is 1. The minimum Gasteiger partial charge on any atom is -0.497 e. The third-order valence-electron chi connectivity index (χ3n) is 5.03. The second-order valence-corrected chi connectivity index (χ2v) is 8.18. The van der Waals surface area contributed by atoms with Gasteiger partial charge in [-0.15, -0.1) is 0 Å². The SMILES string of the molecule is COc1ccc(N2CCN(CC(O)COCCOc3c(F)cc(Br)cc3F)CC2)cc1. The highest BCUT2D eigenvalue weighted by Crippen LogP contribution is 2.25. The fourth-order valence-electron chi connectivity index (χ4n) is 3.42. The van der Waals surface area contributed by atoms with Crippen LogP contribution in [-0.4, -0.2) is 75.8 Å². The van der Waals surface area contributed by atoms with Gasteiger partial charge in [0.15, 0.2) is 17.4 Å². The van der Waals surface area contributed by atoms with Gasteiger partial charge in [-0.1, -0.05) is 15.9 Å². The molecule has 0 radical (unpaired) electrons. The number of benzene rings is 2. The number of ether oxygens (including phenoxy) is 3. The van der Waals surface area contributed by atoms with Crippen LogP contribution in [0.15, 0.2) is 40.9 Å². The standard InChI is InChI=1S/C22H27BrF2N2O4/c1-29-19-4-2-17(3-5-19)27-8-6-26(7-9-27)14-18(28)15-30-10-11-31-22-20(24)12-16(23)13-21(22)25/h2-5,12-13,18,28H,6-11,14-15H2,1H3. The number of hydrogen-bond acceptors (Lipinski definition) is 6. The van der Waals surface area contributed by atoms with Gasteiger partial charge in [-0.25, -0.2) is 8.78 Å². The average Bonchev–Trinajstić information content (AvgIpc) is 2.75. The fourth-order valence-corrected chi connectivity index (χ4v) is 3.82. The molecule has 0 aromatic heterocycles. The zero-order valence-electron chi connectivity index (χ0n) is 17.4. The predicted molar refractivity (Wildman–Crippen MR) is 118 cm³/mol. The van der Waals surface area contributed by atoms with E-state index in [0.717, 1.165) is 49.7 Å². The molecular formula is C22H27BrF2N2O4. The maximum absolute atomic E-state index is 13.7. The van der Waals surface area contributed by atoms with Crippen molar-refractivity contribution in [1.29, 1.82) is 0 Å². The Kier molecular flexibility index (Phi) is 8.89. The van der Waals surface area contributed by atoms with Gasteiger partial charge in [0.1, 0.15) is 12.4 Å². The molecule has 1 unspecified atom stereocenters. The first-order valence-corrected chi connectivity index (χ1v) is 10.9. The van der Waals surface area contributed by atoms with Crippen LogP contribution < -0.4 is 14.4 Å². The van der Waals surface area contributed by atoms with Crippen LogP contribution in [0, 0.1) is 11.6 Å². The van der Waals surface area contributed by atoms with Gasteiger partial charge in [-0.3, -0.25) is 4.90 Å². The summed E-state index contributed by atoms with van der Waals surface area (Å²) in [5.41, 5.74) is 1.16. The summed E-state index contributed by atoms with van der Waals surface area (Å²) >= 11 is 3.02. The number of aliphatic hydroxyl groups is 1. The van der Waals surface area contributed by atoms with E-state index in [4.69, 9.17) is 14.2 Å². The molecule has 2 aromatic rings. The molecule has 2 aromatic carbocycles. The van der Waals surface area contributed by atoms with Crippen molar-refractivity contribution in [2.24, 2.45) is 0 Å². The second-order valence-electron chi connectivity index (χ2n) is 7.26. The lowest BCUT2D eigenvalue weighted by Crippen LogP contribution is -2.49. The lowest BCUT2D eigenvalue weighted by molar-refractivity contribution is 0.00655. The monoisotopic (exact) mass is 500 g/mol. The predicted octanol–water partition coefficient (Wildman–Crippen LogP) is 3.31. The Morgan fingerprint density at radius 1 is 1.03 bits per heavy atom. The molecule has 3 rings (SSSR count). The summed E-state index contributed by atoms with van der Waals surface area (Å²) in [6.45, 7) is 4.18. The first-order valence-electron chi connectivity index (χ1n) is 10.1. The molecule has 1 heterocycles. The van der Waals surface area contributed by atoms with E-state index in [9.17, 15) is 13.9 Å². The summed E-state index contributed by atoms with van der Waals surface area (Å²) in [6, 6.07) is 10.3. The molecule has 9 heteroatoms. The number of rotatable bonds is 10. The van der Waals surface area contributed by atoms with Crippen molar-refractivity contribution < 1.29 is 28.1 Å². The zero-order chi connectivity index (χ0) is 22.2. The van der Waals surface area contributed by atoms with E-state index < -0.39 is 23.5 Å². The number of anilines is 1. The van der Waals surface area contributed by atoms with Gasteiger partial charge in [0.25, 0.3) is 0 Å². The van der Waals surface area contributed by atoms with Gasteiger partial charge in [0, 0.05) is 42.9 Å². The first kappa shape index (κ1) is 23.7. The van der Waals surface area contributed by atoms with Crippen molar-refractivity contribution in [3.8, 4) is 11.5 Å². The minimum absolute atomic E-state index is 0.0112. The van der Waals surface area contributed by atoms with Crippen LogP contribution >= 0.6 is 15.9 Å². The Morgan fingerprint density at radius 3 is 2.29 bits per heavy atom. The number of nitrogens with zero attached hydrogens (tertiary/aromatic N) is 2. The molecule has 31 heavy (non-hydrogen) atoms. The van der Waals surface area contributed by atoms with Crippen LogP contribution in [0.3, 0.4) is 0 Å². The minimum atomic E-state index is -0.777. The van der Waals surface area contributed by atoms with Gasteiger partial charge in [-0.05, 0) is 36.4 Å². The summed E-state index contributed by atoms with van der Waals surface area (Å²) < 4.78 is 43.4. The van der Waals surface area contributed by atoms with Gasteiger partial charge in [0.05, 0.1) is 26.4 Å². The molecule has 1 saturated heterocycles. The average molecular weight is 501 g/mol. The maximum Gasteiger partial charge on any atom is 0.190 e. The highest BCUT2D eigenvalue weighted by atomic mass is 79.9. The Hall–Kier alpha value is -1.94. The number of β-amino-alcohol motifs (C(OH)–C–C–N with tert-alkyl or cyclic N) is 1. The molecule has 0 aliphatic carbocycles. The molecule has 1 atom stereocenters. The van der Waals surface area contributed by atoms with Crippen LogP contribution in [0.1, 0.15) is 0 Å². The van der Waals surface area contributed by atoms with Gasteiger partial charge in [0.2, 0.25) is 0 Å². The van der Waals surface area contributed by atoms with Crippen LogP contribution in [0.4, 0.5) is 14.5 Å². The Labute approximate surface area is 189 Å². The third-order valence-corrected chi connectivity index (χ3v) is 5.48. The van der Waals surface area contributed by atoms with E-state index in [2.05, 4.69) is 25.7 Å². The number of piperazine rings is 1. The number of halogens is 3. The van der Waals surface area contributed by atoms with E-state index in [1.165, 1.54) is 0 Å². The molecule has 1 N–H and O–H groups in total. The summed E-state index contributed by atoms with van der Waals surface area (Å²) in [6.07, 6.45) is -0.645. The highest BCUT2D eigenvalue weighted by Gasteiger charge is 2.20. The van der Waals surface area contributed by atoms with E-state index in [1.807, 2.05) is 24.3 Å². The summed E-state index contributed by atoms with van der Waals surface area (Å²) in [7, 11) is 1.65. The summed E-state index contributed by atoms with van der Waals surface area (Å²) in [4.78, 5) is 4.49. The molecule has 0 spiro atoms. The quantitative estimate of drug-likeness (QED) is 0.505. The first-order chi connectivity index (χ1) is 15.0. The molecule has 6 nitrogen and oxygen atoms in total. The van der Waals surface area contributed by atoms with Crippen LogP contribution in [0.2, 0.25) is 0 Å². The molecule has 1 aliphatic rings. The normalized spacial score (nSPS) is 15.7. The summed E-state index contributed by atoms with van der Waals surface area (Å²) in [5, 5.41) is 10.2. The molecular weight excluding hydrogens is 474 g/mol. The molecule has 0 saturated carbocycles. The van der Waals surface area contributed by atoms with E-state index in [-0.39, 0.29) is 19.8 Å². The van der Waals surface area contributed by atoms with Crippen LogP contribution in [0.25, 0.3) is 0 Å². The largest absolute Gasteiger partial charge is 0.497 e. The Balaban J connectivity index is 1.31. The molecule has 1 aliphatic heterocycles. The van der Waals surface area contributed by atoms with Crippen molar-refractivity contribution in [2.45, 2.75) is 6.10 Å². The topological polar surface area (TPSA) is 54.4 Å². The zero-order valence-corrected chi connectivity index (χ0v) is 19.0. The molecule has 1 fully saturated rings. The van der Waals surface area contributed by atoms with Crippen molar-refractivity contribution in [2.75, 3.05) is 64.6 Å². The van der Waals surface area contributed by atoms with Gasteiger partial charge in [-0.2, -0.15) is 0 Å². The van der Waals surface area contributed by atoms with Gasteiger partial charge >= 0.3 is 0 Å². The maximum atomic E-state index is 13.7. The van der Waals surface area contributed by atoms with E-state index in [0.29, 0.717) is 11.0 Å². The van der Waals surface area contributed by atoms with Crippen molar-refractivity contribution in [1.82, 2.24) is 4.90 Å². The van der Waals surface area contributed by atoms with Crippen molar-refractivity contribution in [3.63, 3.8) is 0 Å².